The van der Waals surface area contributed by atoms with Crippen molar-refractivity contribution >= 4 is 6.16 Å². The van der Waals surface area contributed by atoms with Crippen LogP contribution in [0, 0.1) is 5.41 Å². The van der Waals surface area contributed by atoms with Crippen molar-refractivity contribution < 1.29 is 24.4 Å². The molecule has 0 unspecified atom stereocenters. The van der Waals surface area contributed by atoms with Gasteiger partial charge < -0.3 is 9.84 Å². The molecule has 0 saturated carbocycles. The maximum absolute atomic E-state index is 10.0. The van der Waals surface area contributed by atoms with E-state index >= 15 is 0 Å². The van der Waals surface area contributed by atoms with Gasteiger partial charge in [-0.2, -0.15) is 0 Å². The fraction of sp³-hybridized carbons (Fsp3) is 0.909. The lowest BCUT2D eigenvalue weighted by Gasteiger charge is -2.30. The number of hydrogen-bond donors (Lipinski definition) is 1. The summed E-state index contributed by atoms with van der Waals surface area (Å²) in [5, 5.41) is 8.21. The summed E-state index contributed by atoms with van der Waals surface area (Å²) in [6.45, 7) is 10.3. The molecule has 0 aliphatic heterocycles. The molecule has 5 heteroatoms. The highest BCUT2D eigenvalue weighted by atomic mass is 17.2. The first-order valence-corrected chi connectivity index (χ1v) is 5.29. The molecule has 5 nitrogen and oxygen atoms in total. The largest absolute Gasteiger partial charge is 0.505 e. The second-order valence-corrected chi connectivity index (χ2v) is 5.52. The van der Waals surface area contributed by atoms with Crippen LogP contribution in [0.3, 0.4) is 0 Å². The molecule has 0 aromatic heterocycles. The minimum Gasteiger partial charge on any atom is -0.450 e. The van der Waals surface area contributed by atoms with E-state index in [-0.39, 0.29) is 18.6 Å². The van der Waals surface area contributed by atoms with Crippen molar-refractivity contribution in [1.82, 2.24) is 0 Å². The number of carboxylic acid groups (broad SMARTS) is 1. The van der Waals surface area contributed by atoms with Gasteiger partial charge in [0.25, 0.3) is 0 Å². The van der Waals surface area contributed by atoms with E-state index in [0.717, 1.165) is 6.42 Å². The Balaban J connectivity index is 3.70. The predicted molar refractivity (Wildman–Crippen MR) is 59.2 cm³/mol. The summed E-state index contributed by atoms with van der Waals surface area (Å²) in [7, 11) is 0. The predicted octanol–water partition coefficient (Wildman–Crippen LogP) is 2.84. The molecule has 0 atom stereocenters. The standard InChI is InChI=1S/C11H22O5/c1-10(2,3)8-11(4,5)16-15-7-6-14-9(12)13/h6-8H2,1-5H3,(H,12,13). The van der Waals surface area contributed by atoms with Gasteiger partial charge in [0.05, 0.1) is 5.60 Å². The van der Waals surface area contributed by atoms with Gasteiger partial charge in [-0.3, -0.25) is 0 Å². The van der Waals surface area contributed by atoms with Crippen LogP contribution in [0.4, 0.5) is 4.79 Å². The minimum atomic E-state index is -1.31. The van der Waals surface area contributed by atoms with Crippen molar-refractivity contribution in [1.29, 1.82) is 0 Å². The Morgan fingerprint density at radius 3 is 2.12 bits per heavy atom. The second kappa shape index (κ2) is 6.06. The van der Waals surface area contributed by atoms with E-state index in [0.29, 0.717) is 0 Å². The molecule has 0 fully saturated rings. The molecule has 0 aliphatic rings. The van der Waals surface area contributed by atoms with Crippen molar-refractivity contribution in [2.75, 3.05) is 13.2 Å². The van der Waals surface area contributed by atoms with Gasteiger partial charge in [0.2, 0.25) is 0 Å². The molecular formula is C11H22O5. The summed E-state index contributed by atoms with van der Waals surface area (Å²) in [6.07, 6.45) is -0.475. The van der Waals surface area contributed by atoms with Crippen LogP contribution < -0.4 is 0 Å². The van der Waals surface area contributed by atoms with E-state index in [9.17, 15) is 4.79 Å². The molecule has 0 saturated heterocycles. The molecule has 1 N–H and O–H groups in total. The monoisotopic (exact) mass is 234 g/mol. The first-order chi connectivity index (χ1) is 7.12. The zero-order valence-corrected chi connectivity index (χ0v) is 10.7. The normalized spacial score (nSPS) is 12.6. The highest BCUT2D eigenvalue weighted by Gasteiger charge is 2.27. The Morgan fingerprint density at radius 2 is 1.69 bits per heavy atom. The molecule has 0 amide bonds. The summed E-state index contributed by atoms with van der Waals surface area (Å²) in [5.41, 5.74) is -0.258. The van der Waals surface area contributed by atoms with Crippen LogP contribution in [0.1, 0.15) is 41.0 Å². The number of ether oxygens (including phenoxy) is 1. The molecule has 16 heavy (non-hydrogen) atoms. The molecule has 96 valence electrons. The molecule has 0 aromatic rings. The van der Waals surface area contributed by atoms with Crippen LogP contribution in [-0.2, 0) is 14.5 Å². The lowest BCUT2D eigenvalue weighted by atomic mass is 9.84. The lowest BCUT2D eigenvalue weighted by molar-refractivity contribution is -0.359. The first kappa shape index (κ1) is 15.2. The van der Waals surface area contributed by atoms with Gasteiger partial charge in [0.15, 0.2) is 0 Å². The van der Waals surface area contributed by atoms with Crippen molar-refractivity contribution in [3.05, 3.63) is 0 Å². The van der Waals surface area contributed by atoms with Gasteiger partial charge in [-0.15, -0.1) is 0 Å². The number of carbonyl (C=O) groups is 1. The lowest BCUT2D eigenvalue weighted by Crippen LogP contribution is -2.31. The Morgan fingerprint density at radius 1 is 1.12 bits per heavy atom. The van der Waals surface area contributed by atoms with Gasteiger partial charge in [-0.25, -0.2) is 14.6 Å². The van der Waals surface area contributed by atoms with Crippen LogP contribution >= 0.6 is 0 Å². The topological polar surface area (TPSA) is 65.0 Å². The van der Waals surface area contributed by atoms with Crippen LogP contribution in [0.5, 0.6) is 0 Å². The molecule has 0 heterocycles. The molecule has 0 aliphatic carbocycles. The quantitative estimate of drug-likeness (QED) is 0.331. The van der Waals surface area contributed by atoms with E-state index in [4.69, 9.17) is 14.9 Å². The third-order valence-corrected chi connectivity index (χ3v) is 1.63. The average Bonchev–Trinajstić information content (AvgIpc) is 1.97. The maximum atomic E-state index is 10.0. The molecule has 0 bridgehead atoms. The van der Waals surface area contributed by atoms with Crippen molar-refractivity contribution in [2.24, 2.45) is 5.41 Å². The summed E-state index contributed by atoms with van der Waals surface area (Å²) in [6, 6.07) is 0. The van der Waals surface area contributed by atoms with Gasteiger partial charge in [-0.05, 0) is 25.7 Å². The third kappa shape index (κ3) is 9.73. The van der Waals surface area contributed by atoms with Crippen molar-refractivity contribution in [2.45, 2.75) is 46.6 Å². The number of rotatable bonds is 6. The van der Waals surface area contributed by atoms with E-state index in [1.807, 2.05) is 13.8 Å². The van der Waals surface area contributed by atoms with Gasteiger partial charge in [0.1, 0.15) is 13.2 Å². The van der Waals surface area contributed by atoms with Gasteiger partial charge >= 0.3 is 6.16 Å². The Kier molecular flexibility index (Phi) is 5.75. The fourth-order valence-corrected chi connectivity index (χ4v) is 1.67. The zero-order chi connectivity index (χ0) is 12.8. The summed E-state index contributed by atoms with van der Waals surface area (Å²) in [4.78, 5) is 20.1. The highest BCUT2D eigenvalue weighted by Crippen LogP contribution is 2.29. The van der Waals surface area contributed by atoms with E-state index < -0.39 is 11.8 Å². The molecular weight excluding hydrogens is 212 g/mol. The Hall–Kier alpha value is -0.810. The van der Waals surface area contributed by atoms with E-state index in [2.05, 4.69) is 25.5 Å². The van der Waals surface area contributed by atoms with Crippen molar-refractivity contribution in [3.8, 4) is 0 Å². The minimum absolute atomic E-state index is 0.0269. The van der Waals surface area contributed by atoms with E-state index in [1.165, 1.54) is 0 Å². The highest BCUT2D eigenvalue weighted by molar-refractivity contribution is 5.56. The van der Waals surface area contributed by atoms with E-state index in [1.54, 1.807) is 0 Å². The summed E-state index contributed by atoms with van der Waals surface area (Å²) >= 11 is 0. The van der Waals surface area contributed by atoms with Gasteiger partial charge in [0, 0.05) is 0 Å². The van der Waals surface area contributed by atoms with Crippen LogP contribution in [0.2, 0.25) is 0 Å². The second-order valence-electron chi connectivity index (χ2n) is 5.52. The maximum Gasteiger partial charge on any atom is 0.505 e. The fourth-order valence-electron chi connectivity index (χ4n) is 1.67. The zero-order valence-electron chi connectivity index (χ0n) is 10.7. The molecule has 0 rings (SSSR count). The van der Waals surface area contributed by atoms with Crippen molar-refractivity contribution in [3.63, 3.8) is 0 Å². The SMILES string of the molecule is CC(C)(C)CC(C)(C)OOCCOC(=O)O. The molecule has 0 radical (unpaired) electrons. The summed E-state index contributed by atoms with van der Waals surface area (Å²) in [5.74, 6) is 0. The van der Waals surface area contributed by atoms with Crippen LogP contribution in [-0.4, -0.2) is 30.1 Å². The molecule has 0 spiro atoms. The first-order valence-electron chi connectivity index (χ1n) is 5.29. The Labute approximate surface area is 96.6 Å². The smallest absolute Gasteiger partial charge is 0.450 e. The van der Waals surface area contributed by atoms with Crippen LogP contribution in [0.25, 0.3) is 0 Å². The molecule has 0 aromatic carbocycles. The third-order valence-electron chi connectivity index (χ3n) is 1.63. The van der Waals surface area contributed by atoms with Crippen LogP contribution in [0.15, 0.2) is 0 Å². The Bertz CT molecular complexity index is 217. The average molecular weight is 234 g/mol. The van der Waals surface area contributed by atoms with Gasteiger partial charge in [-0.1, -0.05) is 20.8 Å². The summed E-state index contributed by atoms with van der Waals surface area (Å²) < 4.78 is 4.27. The number of hydrogen-bond acceptors (Lipinski definition) is 4.